The molecule has 1 aromatic carbocycles. The lowest BCUT2D eigenvalue weighted by Gasteiger charge is -2.20. The van der Waals surface area contributed by atoms with Crippen LogP contribution >= 0.6 is 0 Å². The van der Waals surface area contributed by atoms with Crippen LogP contribution in [0.2, 0.25) is 0 Å². The van der Waals surface area contributed by atoms with E-state index in [4.69, 9.17) is 0 Å². The summed E-state index contributed by atoms with van der Waals surface area (Å²) in [5.74, 6) is -1.43. The van der Waals surface area contributed by atoms with Gasteiger partial charge in [-0.25, -0.2) is 22.0 Å². The molecular weight excluding hydrogens is 326 g/mol. The second-order valence-corrected chi connectivity index (χ2v) is 7.82. The van der Waals surface area contributed by atoms with Gasteiger partial charge in [0.05, 0.1) is 11.8 Å². The Labute approximate surface area is 135 Å². The minimum atomic E-state index is -3.09. The Bertz CT molecular complexity index is 650. The first kappa shape index (κ1) is 19.3. The predicted molar refractivity (Wildman–Crippen MR) is 84.8 cm³/mol. The molecule has 0 fully saturated rings. The number of benzene rings is 1. The van der Waals surface area contributed by atoms with Crippen molar-refractivity contribution >= 4 is 15.9 Å². The summed E-state index contributed by atoms with van der Waals surface area (Å²) in [5.41, 5.74) is 0.202. The fourth-order valence-electron chi connectivity index (χ4n) is 2.07. The summed E-state index contributed by atoms with van der Waals surface area (Å²) in [6.45, 7) is 3.45. The Hall–Kier alpha value is -1.70. The maximum absolute atomic E-state index is 13.8. The van der Waals surface area contributed by atoms with Crippen LogP contribution in [-0.2, 0) is 9.84 Å². The van der Waals surface area contributed by atoms with Gasteiger partial charge in [-0.1, -0.05) is 13.0 Å². The van der Waals surface area contributed by atoms with E-state index in [0.717, 1.165) is 18.4 Å². The summed E-state index contributed by atoms with van der Waals surface area (Å²) < 4.78 is 48.9. The smallest absolute Gasteiger partial charge is 0.315 e. The molecule has 0 aliphatic heterocycles. The van der Waals surface area contributed by atoms with E-state index in [2.05, 4.69) is 10.6 Å². The van der Waals surface area contributed by atoms with Gasteiger partial charge in [0.15, 0.2) is 0 Å². The molecule has 0 heterocycles. The van der Waals surface area contributed by atoms with Crippen molar-refractivity contribution in [3.05, 3.63) is 35.4 Å². The highest BCUT2D eigenvalue weighted by atomic mass is 32.2. The van der Waals surface area contributed by atoms with E-state index in [0.29, 0.717) is 6.42 Å². The molecule has 2 N–H and O–H groups in total. The summed E-state index contributed by atoms with van der Waals surface area (Å²) in [4.78, 5) is 11.9. The molecule has 0 aliphatic carbocycles. The Kier molecular flexibility index (Phi) is 6.93. The van der Waals surface area contributed by atoms with Crippen molar-refractivity contribution in [2.75, 3.05) is 12.0 Å². The predicted octanol–water partition coefficient (Wildman–Crippen LogP) is 2.54. The number of amides is 2. The van der Waals surface area contributed by atoms with Gasteiger partial charge < -0.3 is 10.6 Å². The van der Waals surface area contributed by atoms with Gasteiger partial charge in [0.1, 0.15) is 21.5 Å². The van der Waals surface area contributed by atoms with Crippen molar-refractivity contribution in [1.29, 1.82) is 0 Å². The number of urea groups is 1. The minimum absolute atomic E-state index is 0.0295. The zero-order valence-electron chi connectivity index (χ0n) is 13.4. The van der Waals surface area contributed by atoms with Gasteiger partial charge in [-0.2, -0.15) is 0 Å². The van der Waals surface area contributed by atoms with Gasteiger partial charge in [-0.3, -0.25) is 0 Å². The Morgan fingerprint density at radius 2 is 1.91 bits per heavy atom. The third-order valence-corrected chi connectivity index (χ3v) is 4.33. The highest BCUT2D eigenvalue weighted by molar-refractivity contribution is 7.90. The maximum Gasteiger partial charge on any atom is 0.315 e. The number of carbonyl (C=O) groups excluding carboxylic acids is 1. The molecule has 1 aromatic rings. The fourth-order valence-corrected chi connectivity index (χ4v) is 2.85. The molecule has 2 amide bonds. The van der Waals surface area contributed by atoms with Gasteiger partial charge in [0.25, 0.3) is 0 Å². The standard InChI is InChI=1S/C15H22F2N2O3S/c1-4-14(12-6-5-11(16)9-13(12)17)19-15(20)18-10(2)7-8-23(3,21)22/h5-6,9-10,14H,4,7-8H2,1-3H3,(H2,18,19,20). The number of hydrogen-bond donors (Lipinski definition) is 2. The number of sulfone groups is 1. The molecular formula is C15H22F2N2O3S. The average Bonchev–Trinajstić information content (AvgIpc) is 2.42. The third-order valence-electron chi connectivity index (χ3n) is 3.35. The molecule has 130 valence electrons. The molecule has 0 saturated carbocycles. The van der Waals surface area contributed by atoms with Crippen molar-refractivity contribution in [3.8, 4) is 0 Å². The Balaban J connectivity index is 2.63. The van der Waals surface area contributed by atoms with Crippen LogP contribution in [0.4, 0.5) is 13.6 Å². The lowest BCUT2D eigenvalue weighted by Crippen LogP contribution is -2.43. The van der Waals surface area contributed by atoms with Crippen molar-refractivity contribution in [1.82, 2.24) is 10.6 Å². The zero-order valence-corrected chi connectivity index (χ0v) is 14.2. The molecule has 0 aromatic heterocycles. The molecule has 5 nitrogen and oxygen atoms in total. The molecule has 8 heteroatoms. The maximum atomic E-state index is 13.8. The normalized spacial score (nSPS) is 14.1. The van der Waals surface area contributed by atoms with E-state index in [1.54, 1.807) is 13.8 Å². The fraction of sp³-hybridized carbons (Fsp3) is 0.533. The summed E-state index contributed by atoms with van der Waals surface area (Å²) in [6.07, 6.45) is 1.84. The monoisotopic (exact) mass is 348 g/mol. The number of rotatable bonds is 7. The summed E-state index contributed by atoms with van der Waals surface area (Å²) in [7, 11) is -3.09. The molecule has 0 aliphatic rings. The third kappa shape index (κ3) is 6.94. The lowest BCUT2D eigenvalue weighted by molar-refractivity contribution is 0.233. The second-order valence-electron chi connectivity index (χ2n) is 5.56. The molecule has 1 rings (SSSR count). The molecule has 0 saturated heterocycles. The Morgan fingerprint density at radius 3 is 2.43 bits per heavy atom. The first-order valence-corrected chi connectivity index (χ1v) is 9.38. The number of hydrogen-bond acceptors (Lipinski definition) is 3. The largest absolute Gasteiger partial charge is 0.336 e. The number of carbonyl (C=O) groups is 1. The van der Waals surface area contributed by atoms with E-state index >= 15 is 0 Å². The zero-order chi connectivity index (χ0) is 17.6. The van der Waals surface area contributed by atoms with E-state index < -0.39 is 33.5 Å². The SMILES string of the molecule is CCC(NC(=O)NC(C)CCS(C)(=O)=O)c1ccc(F)cc1F. The van der Waals surface area contributed by atoms with Crippen molar-refractivity contribution < 1.29 is 22.0 Å². The van der Waals surface area contributed by atoms with Crippen molar-refractivity contribution in [3.63, 3.8) is 0 Å². The minimum Gasteiger partial charge on any atom is -0.336 e. The van der Waals surface area contributed by atoms with Crippen LogP contribution in [-0.4, -0.2) is 32.5 Å². The molecule has 0 radical (unpaired) electrons. The quantitative estimate of drug-likeness (QED) is 0.795. The second kappa shape index (κ2) is 8.24. The summed E-state index contributed by atoms with van der Waals surface area (Å²) in [6, 6.07) is 1.73. The number of nitrogens with one attached hydrogen (secondary N) is 2. The first-order chi connectivity index (χ1) is 10.6. The van der Waals surface area contributed by atoms with Crippen LogP contribution in [0, 0.1) is 11.6 Å². The van der Waals surface area contributed by atoms with E-state index in [9.17, 15) is 22.0 Å². The van der Waals surface area contributed by atoms with Crippen LogP contribution in [0.15, 0.2) is 18.2 Å². The summed E-state index contributed by atoms with van der Waals surface area (Å²) >= 11 is 0. The van der Waals surface area contributed by atoms with Crippen molar-refractivity contribution in [2.24, 2.45) is 0 Å². The number of halogens is 2. The van der Waals surface area contributed by atoms with Crippen LogP contribution in [0.3, 0.4) is 0 Å². The molecule has 23 heavy (non-hydrogen) atoms. The molecule has 2 atom stereocenters. The van der Waals surface area contributed by atoms with Gasteiger partial charge in [-0.05, 0) is 25.8 Å². The van der Waals surface area contributed by atoms with Crippen LogP contribution in [0.1, 0.15) is 38.3 Å². The van der Waals surface area contributed by atoms with Gasteiger partial charge in [-0.15, -0.1) is 0 Å². The first-order valence-electron chi connectivity index (χ1n) is 7.32. The van der Waals surface area contributed by atoms with E-state index in [-0.39, 0.29) is 23.8 Å². The average molecular weight is 348 g/mol. The molecule has 2 unspecified atom stereocenters. The van der Waals surface area contributed by atoms with E-state index in [1.165, 1.54) is 6.07 Å². The highest BCUT2D eigenvalue weighted by Gasteiger charge is 2.18. The van der Waals surface area contributed by atoms with Crippen LogP contribution in [0.25, 0.3) is 0 Å². The van der Waals surface area contributed by atoms with E-state index in [1.807, 2.05) is 0 Å². The van der Waals surface area contributed by atoms with Crippen molar-refractivity contribution in [2.45, 2.75) is 38.8 Å². The topological polar surface area (TPSA) is 75.3 Å². The van der Waals surface area contributed by atoms with Crippen LogP contribution in [0.5, 0.6) is 0 Å². The Morgan fingerprint density at radius 1 is 1.26 bits per heavy atom. The van der Waals surface area contributed by atoms with Gasteiger partial charge >= 0.3 is 6.03 Å². The van der Waals surface area contributed by atoms with Gasteiger partial charge in [0, 0.05) is 23.9 Å². The van der Waals surface area contributed by atoms with Gasteiger partial charge in [0.2, 0.25) is 0 Å². The van der Waals surface area contributed by atoms with Crippen LogP contribution < -0.4 is 10.6 Å². The highest BCUT2D eigenvalue weighted by Crippen LogP contribution is 2.20. The molecule has 0 bridgehead atoms. The molecule has 0 spiro atoms. The lowest BCUT2D eigenvalue weighted by atomic mass is 10.0. The summed E-state index contributed by atoms with van der Waals surface area (Å²) in [5, 5.41) is 5.22.